The van der Waals surface area contributed by atoms with E-state index in [2.05, 4.69) is 33.2 Å². The van der Waals surface area contributed by atoms with Gasteiger partial charge >= 0.3 is 0 Å². The molecule has 1 atom stereocenters. The smallest absolute Gasteiger partial charge is 0.263 e. The van der Waals surface area contributed by atoms with Gasteiger partial charge in [-0.15, -0.1) is 0 Å². The number of amides is 3. The van der Waals surface area contributed by atoms with Crippen molar-refractivity contribution in [1.29, 1.82) is 0 Å². The van der Waals surface area contributed by atoms with Crippen molar-refractivity contribution in [2.45, 2.75) is 135 Å². The van der Waals surface area contributed by atoms with Crippen molar-refractivity contribution in [3.8, 4) is 5.75 Å². The van der Waals surface area contributed by atoms with Crippen LogP contribution in [0.4, 0.5) is 5.69 Å². The van der Waals surface area contributed by atoms with E-state index in [1.807, 2.05) is 42.5 Å². The third-order valence-corrected chi connectivity index (χ3v) is 9.06. The summed E-state index contributed by atoms with van der Waals surface area (Å²) in [7, 11) is 0. The van der Waals surface area contributed by atoms with Crippen LogP contribution in [0.5, 0.6) is 5.75 Å². The zero-order valence-corrected chi connectivity index (χ0v) is 29.4. The normalized spacial score (nSPS) is 13.5. The van der Waals surface area contributed by atoms with Gasteiger partial charge in [0.25, 0.3) is 5.91 Å². The van der Waals surface area contributed by atoms with Crippen molar-refractivity contribution in [1.82, 2.24) is 20.9 Å². The third-order valence-electron chi connectivity index (χ3n) is 9.06. The molecule has 4 N–H and O–H groups in total. The highest BCUT2D eigenvalue weighted by atomic mass is 16.5. The molecule has 1 heterocycles. The minimum Gasteiger partial charge on any atom is -0.494 e. The highest BCUT2D eigenvalue weighted by molar-refractivity contribution is 5.89. The van der Waals surface area contributed by atoms with Crippen LogP contribution < -0.4 is 26.0 Å². The molecule has 1 aromatic carbocycles. The maximum absolute atomic E-state index is 13.1. The van der Waals surface area contributed by atoms with Gasteiger partial charge in [-0.1, -0.05) is 96.5 Å². The van der Waals surface area contributed by atoms with Crippen LogP contribution in [-0.2, 0) is 20.8 Å². The lowest BCUT2D eigenvalue weighted by molar-refractivity contribution is -0.128. The molecule has 0 saturated heterocycles. The third kappa shape index (κ3) is 17.5. The molecule has 2 aromatic rings. The fourth-order valence-corrected chi connectivity index (χ4v) is 6.16. The summed E-state index contributed by atoms with van der Waals surface area (Å²) in [4.78, 5) is 42.5. The van der Waals surface area contributed by atoms with E-state index in [9.17, 15) is 14.4 Å². The van der Waals surface area contributed by atoms with E-state index in [1.54, 1.807) is 6.20 Å². The van der Waals surface area contributed by atoms with E-state index in [-0.39, 0.29) is 17.7 Å². The Labute approximate surface area is 289 Å². The largest absolute Gasteiger partial charge is 0.494 e. The molecule has 1 fully saturated rings. The predicted octanol–water partition coefficient (Wildman–Crippen LogP) is 7.46. The van der Waals surface area contributed by atoms with E-state index in [1.165, 1.54) is 83.5 Å². The first-order valence-corrected chi connectivity index (χ1v) is 18.8. The SMILES string of the molecule is CCCCCCCCCCCCNC(=O)CCCOc1ccc(NC(NC(=O)CCC2CCCC2)C(=O)NCCc2ccccn2)cc1. The van der Waals surface area contributed by atoms with Crippen molar-refractivity contribution in [2.75, 3.05) is 25.0 Å². The summed E-state index contributed by atoms with van der Waals surface area (Å²) >= 11 is 0. The Morgan fingerprint density at radius 3 is 2.19 bits per heavy atom. The minimum atomic E-state index is -0.907. The van der Waals surface area contributed by atoms with Crippen LogP contribution in [0.15, 0.2) is 48.7 Å². The van der Waals surface area contributed by atoms with Crippen molar-refractivity contribution in [3.63, 3.8) is 0 Å². The number of hydrogen-bond acceptors (Lipinski definition) is 6. The Balaban J connectivity index is 1.32. The Bertz CT molecular complexity index is 1150. The molecule has 9 heteroatoms. The second-order valence-electron chi connectivity index (χ2n) is 13.2. The second kappa shape index (κ2) is 24.5. The molecule has 9 nitrogen and oxygen atoms in total. The van der Waals surface area contributed by atoms with Gasteiger partial charge in [-0.25, -0.2) is 0 Å². The van der Waals surface area contributed by atoms with Crippen molar-refractivity contribution in [3.05, 3.63) is 54.4 Å². The predicted molar refractivity (Wildman–Crippen MR) is 194 cm³/mol. The Kier molecular flexibility index (Phi) is 19.8. The number of aromatic nitrogens is 1. The molecular formula is C39H61N5O4. The van der Waals surface area contributed by atoms with Gasteiger partial charge in [-0.05, 0) is 61.6 Å². The number of ether oxygens (including phenoxy) is 1. The van der Waals surface area contributed by atoms with Gasteiger partial charge in [0.1, 0.15) is 5.75 Å². The fourth-order valence-electron chi connectivity index (χ4n) is 6.16. The Morgan fingerprint density at radius 2 is 1.50 bits per heavy atom. The van der Waals surface area contributed by atoms with Crippen LogP contribution in [0.3, 0.4) is 0 Å². The first-order valence-electron chi connectivity index (χ1n) is 18.8. The zero-order valence-electron chi connectivity index (χ0n) is 29.4. The minimum absolute atomic E-state index is 0.0729. The molecule has 0 radical (unpaired) electrons. The summed E-state index contributed by atoms with van der Waals surface area (Å²) in [6, 6.07) is 13.0. The molecule has 266 valence electrons. The number of hydrogen-bond donors (Lipinski definition) is 4. The number of nitrogens with one attached hydrogen (secondary N) is 4. The average Bonchev–Trinajstić information content (AvgIpc) is 3.63. The molecule has 3 rings (SSSR count). The average molecular weight is 664 g/mol. The van der Waals surface area contributed by atoms with Gasteiger partial charge in [-0.2, -0.15) is 0 Å². The van der Waals surface area contributed by atoms with E-state index < -0.39 is 6.17 Å². The van der Waals surface area contributed by atoms with Crippen LogP contribution >= 0.6 is 0 Å². The van der Waals surface area contributed by atoms with Gasteiger partial charge in [0.2, 0.25) is 11.8 Å². The Morgan fingerprint density at radius 1 is 0.792 bits per heavy atom. The molecule has 1 unspecified atom stereocenters. The molecule has 1 aromatic heterocycles. The number of nitrogens with zero attached hydrogens (tertiary/aromatic N) is 1. The zero-order chi connectivity index (χ0) is 34.1. The molecular weight excluding hydrogens is 602 g/mol. The maximum atomic E-state index is 13.1. The van der Waals surface area contributed by atoms with Crippen molar-refractivity contribution < 1.29 is 19.1 Å². The number of carbonyl (C=O) groups is 3. The molecule has 1 aliphatic rings. The highest BCUT2D eigenvalue weighted by Crippen LogP contribution is 2.28. The Hall–Kier alpha value is -3.62. The van der Waals surface area contributed by atoms with Gasteiger partial charge in [0.15, 0.2) is 6.17 Å². The fraction of sp³-hybridized carbons (Fsp3) is 0.641. The summed E-state index contributed by atoms with van der Waals surface area (Å²) in [6.45, 7) is 3.85. The van der Waals surface area contributed by atoms with E-state index in [0.717, 1.165) is 25.1 Å². The molecule has 0 spiro atoms. The summed E-state index contributed by atoms with van der Waals surface area (Å²) in [6.07, 6.45) is 21.5. The summed E-state index contributed by atoms with van der Waals surface area (Å²) in [5.74, 6) is 0.927. The molecule has 0 bridgehead atoms. The summed E-state index contributed by atoms with van der Waals surface area (Å²) < 4.78 is 5.85. The maximum Gasteiger partial charge on any atom is 0.263 e. The number of unbranched alkanes of at least 4 members (excludes halogenated alkanes) is 9. The molecule has 3 amide bonds. The van der Waals surface area contributed by atoms with Gasteiger partial charge in [-0.3, -0.25) is 19.4 Å². The topological polar surface area (TPSA) is 121 Å². The summed E-state index contributed by atoms with van der Waals surface area (Å²) in [5.41, 5.74) is 1.58. The lowest BCUT2D eigenvalue weighted by atomic mass is 10.0. The van der Waals surface area contributed by atoms with Crippen molar-refractivity contribution in [2.24, 2.45) is 5.92 Å². The second-order valence-corrected chi connectivity index (χ2v) is 13.2. The van der Waals surface area contributed by atoms with Crippen LogP contribution in [0.25, 0.3) is 0 Å². The number of benzene rings is 1. The molecule has 1 aliphatic carbocycles. The van der Waals surface area contributed by atoms with Crippen LogP contribution in [0, 0.1) is 5.92 Å². The first-order chi connectivity index (χ1) is 23.5. The van der Waals surface area contributed by atoms with Crippen LogP contribution in [-0.4, -0.2) is 48.6 Å². The van der Waals surface area contributed by atoms with Crippen LogP contribution in [0.1, 0.15) is 128 Å². The molecule has 48 heavy (non-hydrogen) atoms. The number of anilines is 1. The van der Waals surface area contributed by atoms with Gasteiger partial charge < -0.3 is 26.0 Å². The van der Waals surface area contributed by atoms with E-state index >= 15 is 0 Å². The lowest BCUT2D eigenvalue weighted by Gasteiger charge is -2.21. The monoisotopic (exact) mass is 663 g/mol. The quantitative estimate of drug-likeness (QED) is 0.0613. The standard InChI is InChI=1S/C39H61N5O4/c1-2-3-4-5-6-7-8-9-10-14-29-41-36(45)20-16-31-48-35-24-22-34(23-25-35)43-38(44-37(46)26-21-32-17-11-12-18-32)39(47)42-30-27-33-19-13-15-28-40-33/h13,15,19,22-25,28,32,38,43H,2-12,14,16-18,20-21,26-27,29-31H2,1H3,(H,41,45)(H,42,47)(H,44,46). The van der Waals surface area contributed by atoms with E-state index in [4.69, 9.17) is 4.74 Å². The number of rotatable bonds is 26. The number of carbonyl (C=O) groups excluding carboxylic acids is 3. The van der Waals surface area contributed by atoms with Gasteiger partial charge in [0.05, 0.1) is 6.61 Å². The van der Waals surface area contributed by atoms with Crippen molar-refractivity contribution >= 4 is 23.4 Å². The lowest BCUT2D eigenvalue weighted by Crippen LogP contribution is -2.51. The first kappa shape index (κ1) is 38.8. The van der Waals surface area contributed by atoms with Crippen LogP contribution in [0.2, 0.25) is 0 Å². The molecule has 0 aliphatic heterocycles. The number of pyridine rings is 1. The van der Waals surface area contributed by atoms with Gasteiger partial charge in [0, 0.05) is 49.9 Å². The van der Waals surface area contributed by atoms with E-state index in [0.29, 0.717) is 56.2 Å². The molecule has 1 saturated carbocycles. The summed E-state index contributed by atoms with van der Waals surface area (Å²) in [5, 5.41) is 12.0. The highest BCUT2D eigenvalue weighted by Gasteiger charge is 2.22.